The number of ether oxygens (including phenoxy) is 2. The van der Waals surface area contributed by atoms with Crippen molar-refractivity contribution in [1.29, 1.82) is 0 Å². The van der Waals surface area contributed by atoms with Crippen LogP contribution in [-0.4, -0.2) is 46.4 Å². The molecule has 1 saturated heterocycles. The highest BCUT2D eigenvalue weighted by molar-refractivity contribution is 5.22. The van der Waals surface area contributed by atoms with E-state index in [-0.39, 0.29) is 12.1 Å². The molecule has 0 bridgehead atoms. The molecule has 0 amide bonds. The first kappa shape index (κ1) is 15.5. The third-order valence-electron chi connectivity index (χ3n) is 4.64. The van der Waals surface area contributed by atoms with E-state index >= 15 is 0 Å². The van der Waals surface area contributed by atoms with Crippen LogP contribution in [0.5, 0.6) is 5.75 Å². The Labute approximate surface area is 141 Å². The first-order chi connectivity index (χ1) is 11.7. The predicted molar refractivity (Wildman–Crippen MR) is 85.6 cm³/mol. The highest BCUT2D eigenvalue weighted by Crippen LogP contribution is 2.39. The van der Waals surface area contributed by atoms with Gasteiger partial charge in [-0.15, -0.1) is 0 Å². The Morgan fingerprint density at radius 2 is 2.25 bits per heavy atom. The summed E-state index contributed by atoms with van der Waals surface area (Å²) in [6.45, 7) is 4.23. The van der Waals surface area contributed by atoms with Gasteiger partial charge in [-0.2, -0.15) is 4.98 Å². The number of pyridine rings is 1. The monoisotopic (exact) mass is 330 g/mol. The number of nitrogens with zero attached hydrogens (tertiary/aromatic N) is 4. The summed E-state index contributed by atoms with van der Waals surface area (Å²) in [5.74, 6) is 2.77. The molecule has 7 nitrogen and oxygen atoms in total. The van der Waals surface area contributed by atoms with Gasteiger partial charge in [-0.1, -0.05) is 5.16 Å². The van der Waals surface area contributed by atoms with E-state index in [0.717, 1.165) is 36.7 Å². The Balaban J connectivity index is 1.56. The van der Waals surface area contributed by atoms with Gasteiger partial charge in [0.1, 0.15) is 11.8 Å². The molecule has 128 valence electrons. The summed E-state index contributed by atoms with van der Waals surface area (Å²) in [7, 11) is 1.66. The van der Waals surface area contributed by atoms with E-state index in [2.05, 4.69) is 26.9 Å². The van der Waals surface area contributed by atoms with Crippen molar-refractivity contribution in [2.45, 2.75) is 44.4 Å². The minimum atomic E-state index is -0.0493. The lowest BCUT2D eigenvalue weighted by atomic mass is 10.1. The van der Waals surface area contributed by atoms with Crippen molar-refractivity contribution in [1.82, 2.24) is 20.0 Å². The molecule has 0 aromatic carbocycles. The fourth-order valence-corrected chi connectivity index (χ4v) is 3.17. The molecule has 2 fully saturated rings. The maximum atomic E-state index is 5.83. The second-order valence-corrected chi connectivity index (χ2v) is 6.44. The second-order valence-electron chi connectivity index (χ2n) is 6.44. The Hall–Kier alpha value is -1.99. The molecule has 7 heteroatoms. The maximum absolute atomic E-state index is 5.83. The largest absolute Gasteiger partial charge is 0.497 e. The van der Waals surface area contributed by atoms with Gasteiger partial charge < -0.3 is 14.0 Å². The van der Waals surface area contributed by atoms with Crippen LogP contribution in [0, 0.1) is 0 Å². The van der Waals surface area contributed by atoms with Crippen molar-refractivity contribution in [2.75, 3.05) is 20.3 Å². The molecule has 0 radical (unpaired) electrons. The van der Waals surface area contributed by atoms with Crippen molar-refractivity contribution >= 4 is 0 Å². The molecule has 1 aliphatic carbocycles. The van der Waals surface area contributed by atoms with Gasteiger partial charge in [0.25, 0.3) is 0 Å². The van der Waals surface area contributed by atoms with Crippen LogP contribution >= 0.6 is 0 Å². The van der Waals surface area contributed by atoms with E-state index in [1.54, 1.807) is 13.3 Å². The van der Waals surface area contributed by atoms with Gasteiger partial charge >= 0.3 is 0 Å². The topological polar surface area (TPSA) is 73.5 Å². The van der Waals surface area contributed by atoms with Crippen LogP contribution in [0.15, 0.2) is 22.9 Å². The fraction of sp³-hybridized carbons (Fsp3) is 0.588. The Bertz CT molecular complexity index is 701. The van der Waals surface area contributed by atoms with E-state index in [1.807, 2.05) is 12.1 Å². The molecule has 1 aliphatic heterocycles. The number of aromatic nitrogens is 3. The minimum absolute atomic E-state index is 0.00291. The van der Waals surface area contributed by atoms with Gasteiger partial charge in [-0.25, -0.2) is 0 Å². The molecule has 3 heterocycles. The summed E-state index contributed by atoms with van der Waals surface area (Å²) in [6, 6.07) is 3.76. The Kier molecular flexibility index (Phi) is 4.20. The van der Waals surface area contributed by atoms with E-state index in [9.17, 15) is 0 Å². The zero-order chi connectivity index (χ0) is 16.5. The van der Waals surface area contributed by atoms with Gasteiger partial charge in [0, 0.05) is 31.3 Å². The van der Waals surface area contributed by atoms with Crippen molar-refractivity contribution in [3.8, 4) is 5.75 Å². The zero-order valence-electron chi connectivity index (χ0n) is 14.0. The second kappa shape index (κ2) is 6.49. The van der Waals surface area contributed by atoms with Crippen LogP contribution in [0.2, 0.25) is 0 Å². The molecule has 2 aromatic heterocycles. The lowest BCUT2D eigenvalue weighted by Gasteiger charge is -2.37. The molecule has 2 aliphatic rings. The molecule has 2 atom stereocenters. The first-order valence-corrected chi connectivity index (χ1v) is 8.42. The van der Waals surface area contributed by atoms with E-state index in [1.165, 1.54) is 0 Å². The molecule has 24 heavy (non-hydrogen) atoms. The van der Waals surface area contributed by atoms with Crippen LogP contribution < -0.4 is 4.74 Å². The van der Waals surface area contributed by atoms with Crippen molar-refractivity contribution in [2.24, 2.45) is 0 Å². The first-order valence-electron chi connectivity index (χ1n) is 8.42. The number of hydrogen-bond donors (Lipinski definition) is 0. The summed E-state index contributed by atoms with van der Waals surface area (Å²) in [4.78, 5) is 11.4. The summed E-state index contributed by atoms with van der Waals surface area (Å²) in [5, 5.41) is 4.15. The summed E-state index contributed by atoms with van der Waals surface area (Å²) in [6.07, 6.45) is 4.09. The van der Waals surface area contributed by atoms with Crippen molar-refractivity contribution in [3.05, 3.63) is 35.7 Å². The van der Waals surface area contributed by atoms with Crippen LogP contribution in [0.3, 0.4) is 0 Å². The van der Waals surface area contributed by atoms with Crippen LogP contribution in [-0.2, 0) is 11.3 Å². The SMILES string of the molecule is COc1ccnc(CN2CCO[C@H](C)[C@H]2c2nc(C3CC3)no2)c1. The third kappa shape index (κ3) is 3.14. The quantitative estimate of drug-likeness (QED) is 0.833. The fourth-order valence-electron chi connectivity index (χ4n) is 3.17. The lowest BCUT2D eigenvalue weighted by Crippen LogP contribution is -2.44. The summed E-state index contributed by atoms with van der Waals surface area (Å²) >= 11 is 0. The van der Waals surface area contributed by atoms with Gasteiger partial charge in [-0.05, 0) is 25.8 Å². The van der Waals surface area contributed by atoms with Gasteiger partial charge in [-0.3, -0.25) is 9.88 Å². The summed E-state index contributed by atoms with van der Waals surface area (Å²) in [5.41, 5.74) is 0.954. The number of morpholine rings is 1. The predicted octanol–water partition coefficient (Wildman–Crippen LogP) is 2.31. The van der Waals surface area contributed by atoms with Crippen LogP contribution in [0.1, 0.15) is 49.1 Å². The lowest BCUT2D eigenvalue weighted by molar-refractivity contribution is -0.0767. The standard InChI is InChI=1S/C17H22N4O3/c1-11-15(17-19-16(20-24-17)12-3-4-12)21(7-8-23-11)10-13-9-14(22-2)5-6-18-13/h5-6,9,11-12,15H,3-4,7-8,10H2,1-2H3/t11-,15+/m1/s1. The molecular formula is C17H22N4O3. The van der Waals surface area contributed by atoms with Crippen LogP contribution in [0.25, 0.3) is 0 Å². The van der Waals surface area contributed by atoms with E-state index in [0.29, 0.717) is 25.0 Å². The maximum Gasteiger partial charge on any atom is 0.246 e. The molecule has 4 rings (SSSR count). The Morgan fingerprint density at radius 3 is 3.04 bits per heavy atom. The van der Waals surface area contributed by atoms with Gasteiger partial charge in [0.05, 0.1) is 25.5 Å². The molecule has 0 N–H and O–H groups in total. The van der Waals surface area contributed by atoms with E-state index in [4.69, 9.17) is 14.0 Å². The van der Waals surface area contributed by atoms with E-state index < -0.39 is 0 Å². The zero-order valence-corrected chi connectivity index (χ0v) is 14.0. The van der Waals surface area contributed by atoms with Gasteiger partial charge in [0.15, 0.2) is 5.82 Å². The smallest absolute Gasteiger partial charge is 0.246 e. The highest BCUT2D eigenvalue weighted by Gasteiger charge is 2.37. The molecule has 0 unspecified atom stereocenters. The normalized spacial score (nSPS) is 24.9. The third-order valence-corrected chi connectivity index (χ3v) is 4.64. The average molecular weight is 330 g/mol. The molecule has 2 aromatic rings. The average Bonchev–Trinajstić information content (AvgIpc) is 3.34. The molecular weight excluding hydrogens is 308 g/mol. The van der Waals surface area contributed by atoms with Crippen LogP contribution in [0.4, 0.5) is 0 Å². The Morgan fingerprint density at radius 1 is 1.38 bits per heavy atom. The number of methoxy groups -OCH3 is 1. The van der Waals surface area contributed by atoms with Crippen molar-refractivity contribution < 1.29 is 14.0 Å². The highest BCUT2D eigenvalue weighted by atomic mass is 16.5. The number of rotatable bonds is 5. The van der Waals surface area contributed by atoms with Crippen molar-refractivity contribution in [3.63, 3.8) is 0 Å². The minimum Gasteiger partial charge on any atom is -0.497 e. The molecule has 1 saturated carbocycles. The summed E-state index contributed by atoms with van der Waals surface area (Å²) < 4.78 is 16.7. The number of hydrogen-bond acceptors (Lipinski definition) is 7. The molecule has 0 spiro atoms. The van der Waals surface area contributed by atoms with Gasteiger partial charge in [0.2, 0.25) is 5.89 Å².